The molecule has 2 saturated carbocycles. The van der Waals surface area contributed by atoms with Gasteiger partial charge in [0.15, 0.2) is 5.78 Å². The molecular weight excluding hydrogens is 740 g/mol. The average Bonchev–Trinajstić information content (AvgIpc) is 3.61. The van der Waals surface area contributed by atoms with Crippen LogP contribution < -0.4 is 4.18 Å². The summed E-state index contributed by atoms with van der Waals surface area (Å²) in [5, 5.41) is 2.15. The Balaban J connectivity index is 1.26. The third kappa shape index (κ3) is 5.39. The molecule has 3 aromatic rings. The Kier molecular flexibility index (Phi) is 8.23. The van der Waals surface area contributed by atoms with Gasteiger partial charge in [0.2, 0.25) is 0 Å². The quantitative estimate of drug-likeness (QED) is 0.130. The predicted octanol–water partition coefficient (Wildman–Crippen LogP) is 5.43. The molecule has 0 spiro atoms. The summed E-state index contributed by atoms with van der Waals surface area (Å²) in [5.41, 5.74) is 1.16. The standard InChI is InChI=1S/C31H25Br2ClN2O7S/c1-16-2-12-21(13-3-16)44(41,42)43-20-10-6-17(7-11-20)24(37)15-35(29(38)18-4-8-19(34)9-5-18)36-30(39)25-22-14-23(26(25)31(36)40)28(33)27(22)32/h2-13,22-23,25-28H,14-15H2,1H3/t22-,23-,25-,26-,27+,28+/m1/s1. The molecule has 1 heterocycles. The van der Waals surface area contributed by atoms with Crippen molar-refractivity contribution < 1.29 is 31.8 Å². The number of nitrogens with zero attached hydrogens (tertiary/aromatic N) is 2. The summed E-state index contributed by atoms with van der Waals surface area (Å²) in [4.78, 5) is 54.8. The van der Waals surface area contributed by atoms with Crippen molar-refractivity contribution in [2.75, 3.05) is 6.54 Å². The molecule has 3 aliphatic rings. The van der Waals surface area contributed by atoms with Crippen molar-refractivity contribution in [3.05, 3.63) is 94.5 Å². The van der Waals surface area contributed by atoms with E-state index in [4.69, 9.17) is 15.8 Å². The SMILES string of the molecule is Cc1ccc(S(=O)(=O)Oc2ccc(C(=O)CN(C(=O)c3ccc(Cl)cc3)N3C(=O)[C@@H]4[C@H]5C[C@@H]([C@H](Br)[C@H]5Br)[C@H]4C3=O)cc2)cc1. The number of alkyl halides is 2. The third-order valence-corrected chi connectivity index (χ3v) is 13.2. The summed E-state index contributed by atoms with van der Waals surface area (Å²) in [6.45, 7) is 1.23. The fourth-order valence-corrected chi connectivity index (χ4v) is 9.28. The van der Waals surface area contributed by atoms with Crippen LogP contribution in [0.5, 0.6) is 5.75 Å². The van der Waals surface area contributed by atoms with Gasteiger partial charge >= 0.3 is 10.1 Å². The molecule has 3 amide bonds. The molecule has 3 aromatic carbocycles. The molecule has 6 atom stereocenters. The van der Waals surface area contributed by atoms with E-state index in [1.54, 1.807) is 12.1 Å². The van der Waals surface area contributed by atoms with Crippen molar-refractivity contribution in [1.29, 1.82) is 0 Å². The molecule has 6 rings (SSSR count). The largest absolute Gasteiger partial charge is 0.379 e. The van der Waals surface area contributed by atoms with Crippen LogP contribution in [0.25, 0.3) is 0 Å². The van der Waals surface area contributed by atoms with Gasteiger partial charge in [0.1, 0.15) is 17.2 Å². The fourth-order valence-electron chi connectivity index (χ4n) is 6.35. The van der Waals surface area contributed by atoms with E-state index in [0.29, 0.717) is 11.4 Å². The van der Waals surface area contributed by atoms with Crippen LogP contribution in [0.2, 0.25) is 5.02 Å². The highest BCUT2D eigenvalue weighted by atomic mass is 79.9. The van der Waals surface area contributed by atoms with Crippen molar-refractivity contribution >= 4 is 77.1 Å². The van der Waals surface area contributed by atoms with Crippen molar-refractivity contribution in [1.82, 2.24) is 10.0 Å². The first-order chi connectivity index (χ1) is 20.9. The van der Waals surface area contributed by atoms with Crippen molar-refractivity contribution in [3.8, 4) is 5.75 Å². The number of benzene rings is 3. The molecule has 0 radical (unpaired) electrons. The second kappa shape index (κ2) is 11.7. The Bertz CT molecular complexity index is 1740. The summed E-state index contributed by atoms with van der Waals surface area (Å²) >= 11 is 13.3. The molecule has 44 heavy (non-hydrogen) atoms. The number of ketones is 1. The van der Waals surface area contributed by atoms with Crippen LogP contribution in [0, 0.1) is 30.6 Å². The molecule has 13 heteroatoms. The number of rotatable bonds is 8. The Hall–Kier alpha value is -3.06. The first kappa shape index (κ1) is 30.9. The van der Waals surface area contributed by atoms with E-state index in [1.807, 2.05) is 6.92 Å². The minimum Gasteiger partial charge on any atom is -0.379 e. The van der Waals surface area contributed by atoms with Gasteiger partial charge in [-0.1, -0.05) is 61.2 Å². The smallest absolute Gasteiger partial charge is 0.339 e. The minimum absolute atomic E-state index is 0.00283. The Labute approximate surface area is 275 Å². The van der Waals surface area contributed by atoms with Crippen LogP contribution in [-0.2, 0) is 19.7 Å². The van der Waals surface area contributed by atoms with E-state index >= 15 is 0 Å². The lowest BCUT2D eigenvalue weighted by atomic mass is 9.81. The lowest BCUT2D eigenvalue weighted by Gasteiger charge is -2.31. The Morgan fingerprint density at radius 2 is 1.39 bits per heavy atom. The number of halogens is 3. The number of aryl methyl sites for hydroxylation is 1. The number of Topliss-reactive ketones (excluding diaryl/α,β-unsaturated/α-hetero) is 1. The van der Waals surface area contributed by atoms with Crippen LogP contribution in [0.3, 0.4) is 0 Å². The zero-order valence-corrected chi connectivity index (χ0v) is 27.8. The first-order valence-electron chi connectivity index (χ1n) is 13.7. The highest BCUT2D eigenvalue weighted by molar-refractivity contribution is 9.12. The van der Waals surface area contributed by atoms with Gasteiger partial charge in [0.05, 0.1) is 11.8 Å². The maximum Gasteiger partial charge on any atom is 0.339 e. The average molecular weight is 765 g/mol. The van der Waals surface area contributed by atoms with Gasteiger partial charge in [0.25, 0.3) is 17.7 Å². The van der Waals surface area contributed by atoms with Crippen LogP contribution in [0.1, 0.15) is 32.7 Å². The maximum atomic E-state index is 13.8. The second-order valence-electron chi connectivity index (χ2n) is 11.2. The van der Waals surface area contributed by atoms with Crippen molar-refractivity contribution in [2.45, 2.75) is 27.9 Å². The number of hydrogen-bond acceptors (Lipinski definition) is 7. The van der Waals surface area contributed by atoms with E-state index < -0.39 is 52.0 Å². The van der Waals surface area contributed by atoms with E-state index in [9.17, 15) is 27.6 Å². The number of carbonyl (C=O) groups is 4. The molecule has 2 aliphatic carbocycles. The molecule has 2 bridgehead atoms. The zero-order valence-electron chi connectivity index (χ0n) is 23.1. The normalized spacial score (nSPS) is 25.7. The molecule has 3 fully saturated rings. The van der Waals surface area contributed by atoms with Gasteiger partial charge < -0.3 is 4.18 Å². The molecule has 1 saturated heterocycles. The van der Waals surface area contributed by atoms with Gasteiger partial charge in [-0.3, -0.25) is 19.2 Å². The van der Waals surface area contributed by atoms with Gasteiger partial charge in [0, 0.05) is 25.8 Å². The summed E-state index contributed by atoms with van der Waals surface area (Å²) in [5.74, 6) is -3.64. The van der Waals surface area contributed by atoms with Gasteiger partial charge in [-0.25, -0.2) is 5.01 Å². The molecule has 9 nitrogen and oxygen atoms in total. The molecule has 1 aliphatic heterocycles. The lowest BCUT2D eigenvalue weighted by molar-refractivity contribution is -0.154. The van der Waals surface area contributed by atoms with E-state index in [0.717, 1.165) is 15.6 Å². The van der Waals surface area contributed by atoms with E-state index in [-0.39, 0.29) is 43.3 Å². The second-order valence-corrected chi connectivity index (χ2v) is 15.3. The van der Waals surface area contributed by atoms with E-state index in [1.165, 1.54) is 60.7 Å². The molecular formula is C31H25Br2ClN2O7S. The number of carbonyl (C=O) groups excluding carboxylic acids is 4. The van der Waals surface area contributed by atoms with Crippen LogP contribution in [-0.4, -0.2) is 58.1 Å². The highest BCUT2D eigenvalue weighted by Crippen LogP contribution is 2.60. The number of fused-ring (bicyclic) bond motifs is 5. The number of hydrazine groups is 1. The monoisotopic (exact) mass is 762 g/mol. The number of amides is 3. The first-order valence-corrected chi connectivity index (χ1v) is 17.4. The van der Waals surface area contributed by atoms with Gasteiger partial charge in [-0.2, -0.15) is 13.4 Å². The van der Waals surface area contributed by atoms with Gasteiger partial charge in [-0.05, 0) is 85.8 Å². The van der Waals surface area contributed by atoms with E-state index in [2.05, 4.69) is 31.9 Å². The number of hydrogen-bond donors (Lipinski definition) is 0. The zero-order chi connectivity index (χ0) is 31.5. The fraction of sp³-hybridized carbons (Fsp3) is 0.290. The minimum atomic E-state index is -4.11. The van der Waals surface area contributed by atoms with Crippen molar-refractivity contribution in [2.24, 2.45) is 23.7 Å². The predicted molar refractivity (Wildman–Crippen MR) is 168 cm³/mol. The summed E-state index contributed by atoms with van der Waals surface area (Å²) in [6.07, 6.45) is 0.713. The summed E-state index contributed by atoms with van der Waals surface area (Å²) < 4.78 is 30.6. The van der Waals surface area contributed by atoms with Crippen LogP contribution in [0.4, 0.5) is 0 Å². The molecule has 228 valence electrons. The summed E-state index contributed by atoms with van der Waals surface area (Å²) in [6, 6.07) is 17.5. The third-order valence-electron chi connectivity index (χ3n) is 8.52. The molecule has 0 aromatic heterocycles. The Morgan fingerprint density at radius 1 is 0.864 bits per heavy atom. The van der Waals surface area contributed by atoms with Crippen LogP contribution >= 0.6 is 43.5 Å². The number of imide groups is 1. The Morgan fingerprint density at radius 3 is 1.93 bits per heavy atom. The van der Waals surface area contributed by atoms with Gasteiger partial charge in [-0.15, -0.1) is 0 Å². The molecule has 0 N–H and O–H groups in total. The lowest BCUT2D eigenvalue weighted by Crippen LogP contribution is -2.52. The summed E-state index contributed by atoms with van der Waals surface area (Å²) in [7, 11) is -4.11. The maximum absolute atomic E-state index is 13.8. The van der Waals surface area contributed by atoms with Crippen molar-refractivity contribution in [3.63, 3.8) is 0 Å². The topological polar surface area (TPSA) is 118 Å². The highest BCUT2D eigenvalue weighted by Gasteiger charge is 2.67. The van der Waals surface area contributed by atoms with Crippen LogP contribution in [0.15, 0.2) is 77.7 Å². The molecule has 0 unspecified atom stereocenters.